The average Bonchev–Trinajstić information content (AvgIpc) is 3.21. The molecule has 1 aromatic rings. The molecule has 1 heterocycles. The topological polar surface area (TPSA) is 148 Å². The predicted octanol–water partition coefficient (Wildman–Crippen LogP) is 9.83. The molecule has 0 radical (unpaired) electrons. The van der Waals surface area contributed by atoms with Gasteiger partial charge >= 0.3 is 12.2 Å². The number of oxime groups is 1. The molecule has 2 aliphatic carbocycles. The Balaban J connectivity index is 1.73. The minimum Gasteiger partial charge on any atom is -0.459 e. The molecule has 0 unspecified atom stereocenters. The molecular formula is C47H75N3O9. The van der Waals surface area contributed by atoms with Crippen LogP contribution in [0, 0.1) is 17.8 Å². The molecule has 4 rings (SSSR count). The Morgan fingerprint density at radius 2 is 1.64 bits per heavy atom. The fourth-order valence-corrected chi connectivity index (χ4v) is 9.20. The van der Waals surface area contributed by atoms with Crippen molar-refractivity contribution in [3.05, 3.63) is 48.1 Å². The number of fused-ring (bicyclic) bond motifs is 2. The number of carbonyl (C=O) groups excluding carboxylic acids is 2. The monoisotopic (exact) mass is 826 g/mol. The number of aliphatic hydroxyl groups is 2. The number of unbranched alkanes of at least 4 members (excludes halogenated alkanes) is 11. The van der Waals surface area contributed by atoms with Gasteiger partial charge in [0.15, 0.2) is 0 Å². The van der Waals surface area contributed by atoms with Crippen molar-refractivity contribution in [2.75, 3.05) is 40.5 Å². The number of hydrogen-bond donors (Lipinski definition) is 3. The fourth-order valence-electron chi connectivity index (χ4n) is 9.20. The summed E-state index contributed by atoms with van der Waals surface area (Å²) in [4.78, 5) is 34.2. The van der Waals surface area contributed by atoms with Crippen LogP contribution in [0.25, 0.3) is 0 Å². The summed E-state index contributed by atoms with van der Waals surface area (Å²) in [7, 11) is 3.04. The number of amides is 2. The standard InChI is InChI=1S/C47H75N3O9/c1-8-10-11-12-13-14-15-16-17-20-27-48-44(53)57-35-25-26-40-38(32-35)42-36(24-19-22-29-52)34(23-18-21-28-51)31-37-39(49-59-46(3,4)5)33-41(50(6)45(54)55-7)47(58-40,43(37)42)56-30-9-2/h9,25-26,31-32,34,36,41-43,51-52H,2,8,10-24,27-30,33H2,1,3-7H3,(H,48,53)/t34-,36+,41-,42+,43+,47+/m0/s1. The fraction of sp³-hybridized carbons (Fsp3) is 0.723. The minimum absolute atomic E-state index is 0.0377. The number of benzene rings is 1. The van der Waals surface area contributed by atoms with E-state index in [2.05, 4.69) is 24.9 Å². The zero-order valence-corrected chi connectivity index (χ0v) is 37.0. The Kier molecular flexibility index (Phi) is 19.5. The van der Waals surface area contributed by atoms with Gasteiger partial charge in [0.05, 0.1) is 25.3 Å². The van der Waals surface area contributed by atoms with Crippen LogP contribution >= 0.6 is 0 Å². The lowest BCUT2D eigenvalue weighted by molar-refractivity contribution is -0.253. The van der Waals surface area contributed by atoms with Crippen LogP contribution in [0.2, 0.25) is 0 Å². The molecule has 0 saturated heterocycles. The van der Waals surface area contributed by atoms with Gasteiger partial charge in [-0.15, -0.1) is 6.58 Å². The van der Waals surface area contributed by atoms with E-state index in [0.29, 0.717) is 36.6 Å². The molecule has 0 bridgehead atoms. The molecule has 1 fully saturated rings. The van der Waals surface area contributed by atoms with Crippen LogP contribution in [0.5, 0.6) is 11.5 Å². The van der Waals surface area contributed by atoms with E-state index in [1.54, 1.807) is 19.2 Å². The van der Waals surface area contributed by atoms with E-state index in [1.165, 1.54) is 57.0 Å². The summed E-state index contributed by atoms with van der Waals surface area (Å²) in [6.45, 7) is 12.9. The van der Waals surface area contributed by atoms with E-state index >= 15 is 0 Å². The van der Waals surface area contributed by atoms with Crippen LogP contribution in [0.3, 0.4) is 0 Å². The number of carbonyl (C=O) groups is 2. The van der Waals surface area contributed by atoms with E-state index in [4.69, 9.17) is 28.9 Å². The van der Waals surface area contributed by atoms with Gasteiger partial charge in [-0.25, -0.2) is 9.59 Å². The lowest BCUT2D eigenvalue weighted by Gasteiger charge is -2.59. The number of nitrogens with one attached hydrogen (secondary N) is 1. The summed E-state index contributed by atoms with van der Waals surface area (Å²) >= 11 is 0. The van der Waals surface area contributed by atoms with Crippen LogP contribution < -0.4 is 14.8 Å². The molecule has 59 heavy (non-hydrogen) atoms. The maximum atomic E-state index is 13.4. The molecule has 1 aromatic carbocycles. The first-order valence-electron chi connectivity index (χ1n) is 22.5. The van der Waals surface area contributed by atoms with E-state index in [1.807, 2.05) is 32.9 Å². The quantitative estimate of drug-likeness (QED) is 0.0498. The predicted molar refractivity (Wildman–Crippen MR) is 232 cm³/mol. The summed E-state index contributed by atoms with van der Waals surface area (Å²) in [6.07, 6.45) is 19.9. The molecule has 0 aromatic heterocycles. The Morgan fingerprint density at radius 1 is 0.983 bits per heavy atom. The zero-order chi connectivity index (χ0) is 42.8. The van der Waals surface area contributed by atoms with Crippen molar-refractivity contribution in [2.45, 2.75) is 160 Å². The molecule has 332 valence electrons. The number of likely N-dealkylation sites (N-methyl/N-ethyl adjacent to an activating group) is 1. The lowest BCUT2D eigenvalue weighted by atomic mass is 9.55. The molecule has 0 spiro atoms. The minimum atomic E-state index is -1.39. The Hall–Kier alpha value is -3.61. The van der Waals surface area contributed by atoms with E-state index in [0.717, 1.165) is 56.1 Å². The highest BCUT2D eigenvalue weighted by Crippen LogP contribution is 2.61. The van der Waals surface area contributed by atoms with Gasteiger partial charge in [0.1, 0.15) is 23.1 Å². The van der Waals surface area contributed by atoms with Crippen LogP contribution in [-0.2, 0) is 14.3 Å². The first-order valence-corrected chi connectivity index (χ1v) is 22.5. The van der Waals surface area contributed by atoms with Gasteiger partial charge in [0, 0.05) is 44.7 Å². The summed E-state index contributed by atoms with van der Waals surface area (Å²) in [6, 6.07) is 4.80. The second-order valence-corrected chi connectivity index (χ2v) is 17.6. The number of ether oxygens (including phenoxy) is 4. The molecular weight excluding hydrogens is 751 g/mol. The lowest BCUT2D eigenvalue weighted by Crippen LogP contribution is -2.69. The number of methoxy groups -OCH3 is 1. The first kappa shape index (κ1) is 48.1. The van der Waals surface area contributed by atoms with Crippen LogP contribution in [0.15, 0.2) is 47.7 Å². The molecule has 6 atom stereocenters. The van der Waals surface area contributed by atoms with Crippen molar-refractivity contribution in [3.8, 4) is 11.5 Å². The number of hydrogen-bond acceptors (Lipinski definition) is 10. The number of aliphatic hydroxyl groups excluding tert-OH is 2. The van der Waals surface area contributed by atoms with Crippen molar-refractivity contribution in [2.24, 2.45) is 22.9 Å². The van der Waals surface area contributed by atoms with Crippen LogP contribution in [-0.4, -0.2) is 91.0 Å². The SMILES string of the molecule is C=CCO[C@@]12Oc3ccc(OC(=O)NCCCCCCCCCCCC)cc3[C@H]3[C@H](CCCCO)[C@@H](CCCCO)C=C(C(=NOC(C)(C)C)C[C@@H]1N(C)C(=O)OC)[C@H]32. The van der Waals surface area contributed by atoms with E-state index in [9.17, 15) is 19.8 Å². The molecule has 3 aliphatic rings. The van der Waals surface area contributed by atoms with Gasteiger partial charge in [0.25, 0.3) is 0 Å². The van der Waals surface area contributed by atoms with Crippen molar-refractivity contribution >= 4 is 17.9 Å². The normalized spacial score (nSPS) is 24.0. The number of nitrogens with zero attached hydrogens (tertiary/aromatic N) is 2. The second-order valence-electron chi connectivity index (χ2n) is 17.6. The van der Waals surface area contributed by atoms with Gasteiger partial charge in [0.2, 0.25) is 5.79 Å². The smallest absolute Gasteiger partial charge is 0.412 e. The highest BCUT2D eigenvalue weighted by atomic mass is 16.7. The van der Waals surface area contributed by atoms with Gasteiger partial charge in [-0.1, -0.05) is 94.9 Å². The highest BCUT2D eigenvalue weighted by Gasteiger charge is 2.65. The first-order chi connectivity index (χ1) is 28.4. The van der Waals surface area contributed by atoms with Crippen molar-refractivity contribution in [3.63, 3.8) is 0 Å². The largest absolute Gasteiger partial charge is 0.459 e. The molecule has 12 nitrogen and oxygen atoms in total. The van der Waals surface area contributed by atoms with Gasteiger partial charge in [-0.05, 0) is 88.5 Å². The average molecular weight is 826 g/mol. The third kappa shape index (κ3) is 13.2. The second kappa shape index (κ2) is 24.0. The molecule has 1 aliphatic heterocycles. The third-order valence-corrected chi connectivity index (χ3v) is 12.0. The van der Waals surface area contributed by atoms with Crippen LogP contribution in [0.1, 0.15) is 148 Å². The highest BCUT2D eigenvalue weighted by molar-refractivity contribution is 6.03. The maximum absolute atomic E-state index is 13.4. The van der Waals surface area contributed by atoms with Crippen molar-refractivity contribution in [1.29, 1.82) is 0 Å². The Bertz CT molecular complexity index is 1540. The Labute approximate surface area is 354 Å². The number of allylic oxidation sites excluding steroid dienone is 1. The summed E-state index contributed by atoms with van der Waals surface area (Å²) in [5.74, 6) is -1.02. The maximum Gasteiger partial charge on any atom is 0.412 e. The summed E-state index contributed by atoms with van der Waals surface area (Å²) < 4.78 is 25.2. The van der Waals surface area contributed by atoms with Gasteiger partial charge in [-0.2, -0.15) is 0 Å². The molecule has 3 N–H and O–H groups in total. The molecule has 12 heteroatoms. The third-order valence-electron chi connectivity index (χ3n) is 12.0. The van der Waals surface area contributed by atoms with Gasteiger partial charge in [-0.3, -0.25) is 0 Å². The summed E-state index contributed by atoms with van der Waals surface area (Å²) in [5, 5.41) is 27.4. The van der Waals surface area contributed by atoms with E-state index < -0.39 is 35.5 Å². The van der Waals surface area contributed by atoms with Crippen molar-refractivity contribution in [1.82, 2.24) is 10.2 Å². The molecule has 1 saturated carbocycles. The zero-order valence-electron chi connectivity index (χ0n) is 37.0. The Morgan fingerprint density at radius 3 is 2.27 bits per heavy atom. The van der Waals surface area contributed by atoms with Gasteiger partial charge < -0.3 is 44.2 Å². The van der Waals surface area contributed by atoms with Crippen LogP contribution in [0.4, 0.5) is 9.59 Å². The molecule has 2 amide bonds. The number of rotatable bonds is 25. The van der Waals surface area contributed by atoms with Crippen molar-refractivity contribution < 1.29 is 43.6 Å². The summed E-state index contributed by atoms with van der Waals surface area (Å²) in [5.41, 5.74) is 1.91. The van der Waals surface area contributed by atoms with E-state index in [-0.39, 0.29) is 44.0 Å².